The molecule has 0 spiro atoms. The third-order valence-electron chi connectivity index (χ3n) is 4.92. The first-order valence-corrected chi connectivity index (χ1v) is 13.0. The molecular weight excluding hydrogens is 471 g/mol. The van der Waals surface area contributed by atoms with Crippen molar-refractivity contribution in [2.24, 2.45) is 7.05 Å². The average molecular weight is 492 g/mol. The third kappa shape index (κ3) is 3.34. The third-order valence-corrected chi connectivity index (χ3v) is 10.8. The number of halogens is 1. The number of carbonyl (C=O) groups is 2. The van der Waals surface area contributed by atoms with E-state index >= 15 is 0 Å². The number of fused-ring (bicyclic) bond motifs is 1. The van der Waals surface area contributed by atoms with Crippen LogP contribution in [-0.2, 0) is 11.8 Å². The molecule has 146 valence electrons. The Morgan fingerprint density at radius 1 is 1.36 bits per heavy atom. The van der Waals surface area contributed by atoms with Crippen molar-refractivity contribution in [3.63, 3.8) is 0 Å². The van der Waals surface area contributed by atoms with Crippen LogP contribution in [0.15, 0.2) is 43.5 Å². The summed E-state index contributed by atoms with van der Waals surface area (Å²) in [6.45, 7) is 3.55. The Morgan fingerprint density at radius 2 is 2.18 bits per heavy atom. The van der Waals surface area contributed by atoms with Gasteiger partial charge in [-0.05, 0) is 0 Å². The van der Waals surface area contributed by atoms with Gasteiger partial charge in [0.25, 0.3) is 0 Å². The number of alkyl halides is 2. The van der Waals surface area contributed by atoms with Crippen LogP contribution in [0.1, 0.15) is 16.9 Å². The van der Waals surface area contributed by atoms with Crippen molar-refractivity contribution in [1.82, 2.24) is 29.3 Å². The molecule has 28 heavy (non-hydrogen) atoms. The Hall–Kier alpha value is -2.56. The van der Waals surface area contributed by atoms with E-state index in [1.54, 1.807) is 33.5 Å². The molecule has 4 heterocycles. The van der Waals surface area contributed by atoms with Gasteiger partial charge in [-0.3, -0.25) is 0 Å². The molecule has 0 aromatic carbocycles. The molecule has 3 aromatic rings. The summed E-state index contributed by atoms with van der Waals surface area (Å²) in [6, 6.07) is 1.94. The fourth-order valence-electron chi connectivity index (χ4n) is 3.29. The van der Waals surface area contributed by atoms with Crippen molar-refractivity contribution in [3.8, 4) is 11.3 Å². The molecule has 8 nitrogen and oxygen atoms in total. The summed E-state index contributed by atoms with van der Waals surface area (Å²) in [5, 5.41) is 8.50. The Balaban J connectivity index is 1.65. The molecule has 0 radical (unpaired) electrons. The van der Waals surface area contributed by atoms with Crippen LogP contribution in [0.5, 0.6) is 0 Å². The average Bonchev–Trinajstić information content (AvgIpc) is 3.45. The second kappa shape index (κ2) is 7.46. The van der Waals surface area contributed by atoms with Crippen molar-refractivity contribution >= 4 is 35.0 Å². The van der Waals surface area contributed by atoms with E-state index in [4.69, 9.17) is 4.98 Å². The van der Waals surface area contributed by atoms with Gasteiger partial charge >= 0.3 is 170 Å². The number of aryl methyl sites for hydroxylation is 1. The molecule has 1 amide bonds. The molecule has 1 fully saturated rings. The SMILES string of the molecule is C=CC(=O)N(C)[C@H]1CCI(C(=O)c2nc(-c3cnn(C)c3)cn3nccc23)C1. The first kappa shape index (κ1) is 18.8. The van der Waals surface area contributed by atoms with E-state index in [9.17, 15) is 9.59 Å². The number of carbonyl (C=O) groups excluding carboxylic acids is 2. The number of hydrogen-bond acceptors (Lipinski definition) is 5. The van der Waals surface area contributed by atoms with Crippen molar-refractivity contribution in [2.75, 3.05) is 15.9 Å². The summed E-state index contributed by atoms with van der Waals surface area (Å²) in [7, 11) is 3.63. The summed E-state index contributed by atoms with van der Waals surface area (Å²) in [5.41, 5.74) is 2.74. The molecule has 0 bridgehead atoms. The topological polar surface area (TPSA) is 85.4 Å². The molecule has 1 saturated heterocycles. The van der Waals surface area contributed by atoms with E-state index in [1.807, 2.05) is 25.5 Å². The van der Waals surface area contributed by atoms with Crippen LogP contribution in [0, 0.1) is 0 Å². The predicted octanol–water partition coefficient (Wildman–Crippen LogP) is 2.19. The fourth-order valence-corrected chi connectivity index (χ4v) is 9.47. The number of aromatic nitrogens is 5. The number of rotatable bonds is 5. The van der Waals surface area contributed by atoms with E-state index in [1.165, 1.54) is 6.08 Å². The van der Waals surface area contributed by atoms with Crippen LogP contribution >= 0.6 is 19.8 Å². The van der Waals surface area contributed by atoms with Gasteiger partial charge in [0.2, 0.25) is 0 Å². The van der Waals surface area contributed by atoms with Crippen molar-refractivity contribution in [2.45, 2.75) is 12.5 Å². The minimum absolute atomic E-state index is 0.0925. The molecular formula is C19H21IN6O2. The molecule has 1 aliphatic rings. The number of amides is 1. The van der Waals surface area contributed by atoms with Crippen LogP contribution in [-0.4, -0.2) is 60.9 Å². The minimum atomic E-state index is -1.95. The Bertz CT molecular complexity index is 1070. The standard InChI is InChI=1S/C19H21IN6O2/c1-4-17(27)25(3)14-5-7-20(9-14)19(28)18-16-6-8-21-26(16)12-15(23-18)13-10-22-24(2)11-13/h4,6,8,10-12,14H,1,5,7,9H2,2-3H3/t14-/m0/s1. The predicted molar refractivity (Wildman–Crippen MR) is 115 cm³/mol. The summed E-state index contributed by atoms with van der Waals surface area (Å²) in [5.74, 6) is -0.0925. The van der Waals surface area contributed by atoms with Gasteiger partial charge < -0.3 is 0 Å². The molecule has 0 N–H and O–H groups in total. The quantitative estimate of drug-likeness (QED) is 0.236. The van der Waals surface area contributed by atoms with E-state index in [0.717, 1.165) is 26.4 Å². The molecule has 0 saturated carbocycles. The van der Waals surface area contributed by atoms with Gasteiger partial charge in [-0.25, -0.2) is 0 Å². The zero-order chi connectivity index (χ0) is 19.8. The van der Waals surface area contributed by atoms with Crippen LogP contribution in [0.2, 0.25) is 0 Å². The van der Waals surface area contributed by atoms with Gasteiger partial charge in [0.05, 0.1) is 0 Å². The fraction of sp³-hybridized carbons (Fsp3) is 0.316. The maximum atomic E-state index is 13.4. The zero-order valence-electron chi connectivity index (χ0n) is 15.7. The van der Waals surface area contributed by atoms with Crippen LogP contribution in [0.25, 0.3) is 16.8 Å². The van der Waals surface area contributed by atoms with Crippen molar-refractivity contribution in [3.05, 3.63) is 49.2 Å². The first-order chi connectivity index (χ1) is 13.5. The maximum absolute atomic E-state index is 13.4. The zero-order valence-corrected chi connectivity index (χ0v) is 17.9. The number of likely N-dealkylation sites (N-methyl/N-ethyl adjacent to an activating group) is 1. The summed E-state index contributed by atoms with van der Waals surface area (Å²) >= 11 is -1.95. The Morgan fingerprint density at radius 3 is 2.89 bits per heavy atom. The van der Waals surface area contributed by atoms with Crippen molar-refractivity contribution in [1.29, 1.82) is 0 Å². The van der Waals surface area contributed by atoms with Gasteiger partial charge in [0, 0.05) is 0 Å². The molecule has 9 heteroatoms. The van der Waals surface area contributed by atoms with E-state index < -0.39 is 19.8 Å². The summed E-state index contributed by atoms with van der Waals surface area (Å²) in [4.78, 5) is 31.7. The van der Waals surface area contributed by atoms with Crippen molar-refractivity contribution < 1.29 is 9.59 Å². The molecule has 0 aliphatic carbocycles. The summed E-state index contributed by atoms with van der Waals surface area (Å²) < 4.78 is 5.25. The van der Waals surface area contributed by atoms with Gasteiger partial charge in [0.15, 0.2) is 0 Å². The van der Waals surface area contributed by atoms with Gasteiger partial charge in [-0.15, -0.1) is 0 Å². The second-order valence-electron chi connectivity index (χ2n) is 6.71. The van der Waals surface area contributed by atoms with E-state index in [2.05, 4.69) is 16.8 Å². The summed E-state index contributed by atoms with van der Waals surface area (Å²) in [6.07, 6.45) is 9.29. The molecule has 1 atom stereocenters. The molecule has 4 rings (SSSR count). The normalized spacial score (nSPS) is 17.8. The van der Waals surface area contributed by atoms with Gasteiger partial charge in [-0.1, -0.05) is 0 Å². The van der Waals surface area contributed by atoms with Gasteiger partial charge in [-0.2, -0.15) is 0 Å². The number of hydrogen-bond donors (Lipinski definition) is 0. The van der Waals surface area contributed by atoms with Crippen LogP contribution in [0.4, 0.5) is 0 Å². The Kier molecular flexibility index (Phi) is 5.00. The first-order valence-electron chi connectivity index (χ1n) is 8.86. The van der Waals surface area contributed by atoms with Crippen LogP contribution in [0.3, 0.4) is 0 Å². The Labute approximate surface area is 169 Å². The van der Waals surface area contributed by atoms with E-state index in [-0.39, 0.29) is 15.7 Å². The van der Waals surface area contributed by atoms with Crippen LogP contribution < -0.4 is 0 Å². The second-order valence-corrected chi connectivity index (χ2v) is 12.3. The number of nitrogens with zero attached hydrogens (tertiary/aromatic N) is 6. The molecule has 1 aliphatic heterocycles. The van der Waals surface area contributed by atoms with Gasteiger partial charge in [0.1, 0.15) is 0 Å². The van der Waals surface area contributed by atoms with E-state index in [0.29, 0.717) is 11.4 Å². The monoisotopic (exact) mass is 492 g/mol. The molecule has 0 unspecified atom stereocenters. The molecule has 3 aromatic heterocycles.